The van der Waals surface area contributed by atoms with Gasteiger partial charge in [-0.3, -0.25) is 4.79 Å². The number of aromatic nitrogens is 2. The minimum Gasteiger partial charge on any atom is -0.383 e. The van der Waals surface area contributed by atoms with Gasteiger partial charge in [-0.2, -0.15) is 4.98 Å². The Morgan fingerprint density at radius 3 is 2.91 bits per heavy atom. The van der Waals surface area contributed by atoms with Gasteiger partial charge in [0, 0.05) is 29.6 Å². The maximum absolute atomic E-state index is 11.4. The standard InChI is InChI=1S/C16H17N5O/c17-15-12(9-1-2-9)8-18-16(21-15)19-11-4-5-13-10(7-11)3-6-14(22)20-13/h4-5,7-9H,1-3,6H2,(H,20,22)(H3,17,18,19,21). The van der Waals surface area contributed by atoms with Crippen molar-refractivity contribution in [3.63, 3.8) is 0 Å². The minimum atomic E-state index is 0.0694. The maximum Gasteiger partial charge on any atom is 0.229 e. The first-order valence-electron chi connectivity index (χ1n) is 7.51. The van der Waals surface area contributed by atoms with Crippen LogP contribution in [0.15, 0.2) is 24.4 Å². The van der Waals surface area contributed by atoms with Gasteiger partial charge in [0.15, 0.2) is 0 Å². The second-order valence-corrected chi connectivity index (χ2v) is 5.85. The van der Waals surface area contributed by atoms with Crippen LogP contribution in [0.1, 0.15) is 36.3 Å². The van der Waals surface area contributed by atoms with Crippen molar-refractivity contribution in [3.05, 3.63) is 35.5 Å². The molecule has 0 unspecified atom stereocenters. The van der Waals surface area contributed by atoms with Crippen molar-refractivity contribution in [2.75, 3.05) is 16.4 Å². The Kier molecular flexibility index (Phi) is 2.96. The third-order valence-corrected chi connectivity index (χ3v) is 4.12. The fourth-order valence-corrected chi connectivity index (χ4v) is 2.76. The van der Waals surface area contributed by atoms with Gasteiger partial charge in [-0.15, -0.1) is 0 Å². The van der Waals surface area contributed by atoms with Gasteiger partial charge >= 0.3 is 0 Å². The molecule has 112 valence electrons. The zero-order valence-corrected chi connectivity index (χ0v) is 12.1. The molecule has 4 rings (SSSR count). The molecule has 0 atom stereocenters. The van der Waals surface area contributed by atoms with Gasteiger partial charge < -0.3 is 16.4 Å². The van der Waals surface area contributed by atoms with Gasteiger partial charge in [0.2, 0.25) is 11.9 Å². The zero-order chi connectivity index (χ0) is 15.1. The highest BCUT2D eigenvalue weighted by atomic mass is 16.1. The fraction of sp³-hybridized carbons (Fsp3) is 0.312. The average molecular weight is 295 g/mol. The van der Waals surface area contributed by atoms with E-state index in [0.717, 1.165) is 28.9 Å². The Morgan fingerprint density at radius 2 is 2.14 bits per heavy atom. The Labute approximate surface area is 128 Å². The number of anilines is 4. The Morgan fingerprint density at radius 1 is 1.27 bits per heavy atom. The number of amides is 1. The number of nitrogens with one attached hydrogen (secondary N) is 2. The number of aryl methyl sites for hydroxylation is 1. The van der Waals surface area contributed by atoms with Crippen molar-refractivity contribution >= 4 is 29.0 Å². The lowest BCUT2D eigenvalue weighted by molar-refractivity contribution is -0.116. The van der Waals surface area contributed by atoms with Gasteiger partial charge in [-0.25, -0.2) is 4.98 Å². The molecule has 6 nitrogen and oxygen atoms in total. The first-order valence-corrected chi connectivity index (χ1v) is 7.51. The molecule has 1 aliphatic heterocycles. The van der Waals surface area contributed by atoms with Crippen molar-refractivity contribution in [1.29, 1.82) is 0 Å². The number of benzene rings is 1. The van der Waals surface area contributed by atoms with Crippen molar-refractivity contribution in [2.24, 2.45) is 0 Å². The third-order valence-electron chi connectivity index (χ3n) is 4.12. The van der Waals surface area contributed by atoms with Crippen LogP contribution in [0.4, 0.5) is 23.1 Å². The second-order valence-electron chi connectivity index (χ2n) is 5.85. The van der Waals surface area contributed by atoms with Gasteiger partial charge in [0.1, 0.15) is 5.82 Å². The van der Waals surface area contributed by atoms with E-state index >= 15 is 0 Å². The summed E-state index contributed by atoms with van der Waals surface area (Å²) in [6, 6.07) is 5.82. The van der Waals surface area contributed by atoms with E-state index in [2.05, 4.69) is 20.6 Å². The molecule has 2 heterocycles. The van der Waals surface area contributed by atoms with Gasteiger partial charge in [-0.1, -0.05) is 0 Å². The summed E-state index contributed by atoms with van der Waals surface area (Å²) in [5, 5.41) is 6.05. The van der Waals surface area contributed by atoms with Crippen LogP contribution in [-0.2, 0) is 11.2 Å². The molecule has 0 bridgehead atoms. The number of fused-ring (bicyclic) bond motifs is 1. The second kappa shape index (κ2) is 4.98. The van der Waals surface area contributed by atoms with E-state index in [-0.39, 0.29) is 5.91 Å². The van der Waals surface area contributed by atoms with E-state index in [4.69, 9.17) is 5.73 Å². The summed E-state index contributed by atoms with van der Waals surface area (Å²) < 4.78 is 0. The summed E-state index contributed by atoms with van der Waals surface area (Å²) in [6.07, 6.45) is 5.45. The van der Waals surface area contributed by atoms with Crippen molar-refractivity contribution in [2.45, 2.75) is 31.6 Å². The van der Waals surface area contributed by atoms with Crippen molar-refractivity contribution in [3.8, 4) is 0 Å². The lowest BCUT2D eigenvalue weighted by Gasteiger charge is -2.17. The number of carbonyl (C=O) groups is 1. The fourth-order valence-electron chi connectivity index (χ4n) is 2.76. The van der Waals surface area contributed by atoms with Crippen LogP contribution in [0.25, 0.3) is 0 Å². The number of hydrogen-bond acceptors (Lipinski definition) is 5. The summed E-state index contributed by atoms with van der Waals surface area (Å²) in [5.41, 5.74) is 9.95. The number of rotatable bonds is 3. The lowest BCUT2D eigenvalue weighted by Crippen LogP contribution is -2.18. The van der Waals surface area contributed by atoms with E-state index in [1.165, 1.54) is 12.8 Å². The van der Waals surface area contributed by atoms with Crippen LogP contribution in [0.2, 0.25) is 0 Å². The molecular weight excluding hydrogens is 278 g/mol. The van der Waals surface area contributed by atoms with E-state index in [0.29, 0.717) is 24.1 Å². The topological polar surface area (TPSA) is 92.9 Å². The Bertz CT molecular complexity index is 754. The summed E-state index contributed by atoms with van der Waals surface area (Å²) in [5.74, 6) is 1.67. The van der Waals surface area contributed by atoms with Crippen LogP contribution in [0, 0.1) is 0 Å². The number of nitrogens with two attached hydrogens (primary N) is 1. The number of hydrogen-bond donors (Lipinski definition) is 3. The zero-order valence-electron chi connectivity index (χ0n) is 12.1. The molecule has 6 heteroatoms. The molecule has 1 aromatic heterocycles. The van der Waals surface area contributed by atoms with E-state index in [1.54, 1.807) is 0 Å². The van der Waals surface area contributed by atoms with Crippen LogP contribution in [0.5, 0.6) is 0 Å². The molecule has 1 saturated carbocycles. The molecule has 1 aliphatic carbocycles. The van der Waals surface area contributed by atoms with Gasteiger partial charge in [-0.05, 0) is 48.9 Å². The van der Waals surface area contributed by atoms with Crippen LogP contribution < -0.4 is 16.4 Å². The molecule has 4 N–H and O–H groups in total. The summed E-state index contributed by atoms with van der Waals surface area (Å²) >= 11 is 0. The predicted molar refractivity (Wildman–Crippen MR) is 85.1 cm³/mol. The summed E-state index contributed by atoms with van der Waals surface area (Å²) in [4.78, 5) is 20.1. The highest BCUT2D eigenvalue weighted by Crippen LogP contribution is 2.42. The predicted octanol–water partition coefficient (Wildman–Crippen LogP) is 2.56. The number of nitrogen functional groups attached to an aromatic ring is 1. The van der Waals surface area contributed by atoms with Crippen LogP contribution in [-0.4, -0.2) is 15.9 Å². The smallest absolute Gasteiger partial charge is 0.229 e. The molecular formula is C16H17N5O. The Hall–Kier alpha value is -2.63. The molecule has 22 heavy (non-hydrogen) atoms. The third kappa shape index (κ3) is 2.47. The monoisotopic (exact) mass is 295 g/mol. The Balaban J connectivity index is 1.56. The van der Waals surface area contributed by atoms with E-state index < -0.39 is 0 Å². The quantitative estimate of drug-likeness (QED) is 0.809. The highest BCUT2D eigenvalue weighted by molar-refractivity contribution is 5.94. The van der Waals surface area contributed by atoms with Gasteiger partial charge in [0.05, 0.1) is 0 Å². The van der Waals surface area contributed by atoms with Crippen molar-refractivity contribution < 1.29 is 4.79 Å². The molecule has 2 aliphatic rings. The van der Waals surface area contributed by atoms with Crippen LogP contribution >= 0.6 is 0 Å². The number of carbonyl (C=O) groups excluding carboxylic acids is 1. The van der Waals surface area contributed by atoms with E-state index in [1.807, 2.05) is 24.4 Å². The van der Waals surface area contributed by atoms with Crippen LogP contribution in [0.3, 0.4) is 0 Å². The molecule has 2 aromatic rings. The van der Waals surface area contributed by atoms with Crippen molar-refractivity contribution in [1.82, 2.24) is 9.97 Å². The molecule has 1 amide bonds. The minimum absolute atomic E-state index is 0.0694. The average Bonchev–Trinajstić information content (AvgIpc) is 3.32. The first kappa shape index (κ1) is 13.1. The molecule has 1 fully saturated rings. The molecule has 0 radical (unpaired) electrons. The summed E-state index contributed by atoms with van der Waals surface area (Å²) in [7, 11) is 0. The largest absolute Gasteiger partial charge is 0.383 e. The van der Waals surface area contributed by atoms with Gasteiger partial charge in [0.25, 0.3) is 0 Å². The lowest BCUT2D eigenvalue weighted by atomic mass is 10.0. The normalized spacial score (nSPS) is 16.8. The molecule has 0 saturated heterocycles. The summed E-state index contributed by atoms with van der Waals surface area (Å²) in [6.45, 7) is 0. The molecule has 1 aromatic carbocycles. The number of nitrogens with zero attached hydrogens (tertiary/aromatic N) is 2. The SMILES string of the molecule is Nc1nc(Nc2ccc3c(c2)CCC(=O)N3)ncc1C1CC1. The van der Waals surface area contributed by atoms with E-state index in [9.17, 15) is 4.79 Å². The highest BCUT2D eigenvalue weighted by Gasteiger charge is 2.26. The first-order chi connectivity index (χ1) is 10.7. The maximum atomic E-state index is 11.4. The molecule has 0 spiro atoms.